The summed E-state index contributed by atoms with van der Waals surface area (Å²) in [5, 5.41) is 13.4. The molecule has 0 fully saturated rings. The third kappa shape index (κ3) is 6.11. The number of nitro groups is 1. The maximum absolute atomic E-state index is 13.0. The van der Waals surface area contributed by atoms with Gasteiger partial charge in [0, 0.05) is 29.6 Å². The Hall–Kier alpha value is -4.38. The van der Waals surface area contributed by atoms with Gasteiger partial charge in [0.05, 0.1) is 19.1 Å². The summed E-state index contributed by atoms with van der Waals surface area (Å²) in [7, 11) is -1.21. The molecular formula is C23H21N3O7S. The third-order valence-electron chi connectivity index (χ3n) is 4.57. The van der Waals surface area contributed by atoms with E-state index in [0.717, 1.165) is 0 Å². The van der Waals surface area contributed by atoms with Crippen molar-refractivity contribution in [3.05, 3.63) is 88.5 Å². The van der Waals surface area contributed by atoms with Crippen LogP contribution in [0.5, 0.6) is 11.5 Å². The quantitative estimate of drug-likeness (QED) is 0.266. The first-order valence-corrected chi connectivity index (χ1v) is 11.3. The first-order valence-electron chi connectivity index (χ1n) is 9.80. The van der Waals surface area contributed by atoms with Crippen LogP contribution in [0.3, 0.4) is 0 Å². The number of carbonyl (C=O) groups excluding carboxylic acids is 1. The topological polar surface area (TPSA) is 137 Å². The average Bonchev–Trinajstić information content (AvgIpc) is 2.83. The molecule has 3 aromatic carbocycles. The Morgan fingerprint density at radius 2 is 1.68 bits per heavy atom. The summed E-state index contributed by atoms with van der Waals surface area (Å²) >= 11 is 0. The minimum atomic E-state index is -4.05. The highest BCUT2D eigenvalue weighted by atomic mass is 32.2. The summed E-state index contributed by atoms with van der Waals surface area (Å²) in [6, 6.07) is 16.3. The Balaban J connectivity index is 1.79. The van der Waals surface area contributed by atoms with Gasteiger partial charge in [-0.1, -0.05) is 12.1 Å². The fourth-order valence-electron chi connectivity index (χ4n) is 2.93. The molecule has 11 heteroatoms. The van der Waals surface area contributed by atoms with E-state index >= 15 is 0 Å². The second-order valence-electron chi connectivity index (χ2n) is 6.87. The fourth-order valence-corrected chi connectivity index (χ4v) is 4.19. The highest BCUT2D eigenvalue weighted by molar-refractivity contribution is 7.92. The van der Waals surface area contributed by atoms with Crippen molar-refractivity contribution in [3.8, 4) is 11.5 Å². The van der Waals surface area contributed by atoms with Gasteiger partial charge < -0.3 is 14.8 Å². The number of amides is 1. The van der Waals surface area contributed by atoms with Crippen molar-refractivity contribution in [2.24, 2.45) is 0 Å². The molecular weight excluding hydrogens is 462 g/mol. The molecule has 0 aliphatic heterocycles. The standard InChI is InChI=1S/C23H21N3O7S/c1-32-20-10-7-17(8-11-20)25-34(30,31)22-15-18(9-12-21(22)33-2)24-23(27)13-6-16-4-3-5-19(14-16)26(28)29/h3-15,25H,1-2H3,(H,24,27)/b13-6+. The van der Waals surface area contributed by atoms with Crippen LogP contribution >= 0.6 is 0 Å². The maximum Gasteiger partial charge on any atom is 0.270 e. The molecule has 3 aromatic rings. The van der Waals surface area contributed by atoms with E-state index in [0.29, 0.717) is 17.0 Å². The molecule has 0 aliphatic carbocycles. The number of nitro benzene ring substituents is 1. The average molecular weight is 484 g/mol. The smallest absolute Gasteiger partial charge is 0.270 e. The highest BCUT2D eigenvalue weighted by Crippen LogP contribution is 2.29. The second-order valence-corrected chi connectivity index (χ2v) is 8.53. The number of carbonyl (C=O) groups is 1. The molecule has 0 saturated heterocycles. The Bertz CT molecular complexity index is 1340. The molecule has 0 aliphatic rings. The molecule has 0 spiro atoms. The van der Waals surface area contributed by atoms with E-state index in [1.807, 2.05) is 0 Å². The number of nitrogens with zero attached hydrogens (tertiary/aromatic N) is 1. The summed E-state index contributed by atoms with van der Waals surface area (Å²) < 4.78 is 38.6. The van der Waals surface area contributed by atoms with E-state index < -0.39 is 20.9 Å². The molecule has 1 amide bonds. The van der Waals surface area contributed by atoms with Gasteiger partial charge in [-0.3, -0.25) is 19.6 Å². The van der Waals surface area contributed by atoms with E-state index in [2.05, 4.69) is 10.0 Å². The zero-order valence-electron chi connectivity index (χ0n) is 18.2. The van der Waals surface area contributed by atoms with Gasteiger partial charge >= 0.3 is 0 Å². The zero-order valence-corrected chi connectivity index (χ0v) is 19.0. The number of methoxy groups -OCH3 is 2. The molecule has 176 valence electrons. The molecule has 2 N–H and O–H groups in total. The van der Waals surface area contributed by atoms with Crippen LogP contribution in [0.15, 0.2) is 77.7 Å². The number of hydrogen-bond donors (Lipinski definition) is 2. The monoisotopic (exact) mass is 483 g/mol. The first-order chi connectivity index (χ1) is 16.2. The summed E-state index contributed by atoms with van der Waals surface area (Å²) in [5.41, 5.74) is 0.893. The Kier molecular flexibility index (Phi) is 7.49. The van der Waals surface area contributed by atoms with E-state index in [-0.39, 0.29) is 22.0 Å². The van der Waals surface area contributed by atoms with Gasteiger partial charge in [-0.2, -0.15) is 0 Å². The van der Waals surface area contributed by atoms with Crippen LogP contribution in [0.4, 0.5) is 17.1 Å². The molecule has 0 unspecified atom stereocenters. The summed E-state index contributed by atoms with van der Waals surface area (Å²) in [6.45, 7) is 0. The van der Waals surface area contributed by atoms with Gasteiger partial charge in [0.1, 0.15) is 16.4 Å². The van der Waals surface area contributed by atoms with Crippen molar-refractivity contribution in [2.75, 3.05) is 24.3 Å². The second kappa shape index (κ2) is 10.5. The molecule has 3 rings (SSSR count). The van der Waals surface area contributed by atoms with Gasteiger partial charge in [-0.15, -0.1) is 0 Å². The van der Waals surface area contributed by atoms with E-state index in [1.165, 1.54) is 62.8 Å². The van der Waals surface area contributed by atoms with Crippen molar-refractivity contribution in [2.45, 2.75) is 4.90 Å². The molecule has 0 saturated carbocycles. The highest BCUT2D eigenvalue weighted by Gasteiger charge is 2.21. The number of ether oxygens (including phenoxy) is 2. The zero-order chi connectivity index (χ0) is 24.7. The van der Waals surface area contributed by atoms with Gasteiger partial charge in [0.25, 0.3) is 15.7 Å². The molecule has 10 nitrogen and oxygen atoms in total. The molecule has 0 radical (unpaired) electrons. The minimum Gasteiger partial charge on any atom is -0.497 e. The third-order valence-corrected chi connectivity index (χ3v) is 5.97. The van der Waals surface area contributed by atoms with E-state index in [1.54, 1.807) is 30.3 Å². The Morgan fingerprint density at radius 3 is 2.32 bits per heavy atom. The number of hydrogen-bond acceptors (Lipinski definition) is 7. The van der Waals surface area contributed by atoms with Crippen LogP contribution in [0.2, 0.25) is 0 Å². The van der Waals surface area contributed by atoms with Crippen molar-refractivity contribution in [1.29, 1.82) is 0 Å². The van der Waals surface area contributed by atoms with Gasteiger partial charge in [0.15, 0.2) is 0 Å². The van der Waals surface area contributed by atoms with E-state index in [4.69, 9.17) is 9.47 Å². The lowest BCUT2D eigenvalue weighted by molar-refractivity contribution is -0.384. The molecule has 0 heterocycles. The lowest BCUT2D eigenvalue weighted by atomic mass is 10.2. The predicted octanol–water partition coefficient (Wildman–Crippen LogP) is 4.06. The van der Waals surface area contributed by atoms with Crippen LogP contribution in [0.1, 0.15) is 5.56 Å². The largest absolute Gasteiger partial charge is 0.497 e. The van der Waals surface area contributed by atoms with Crippen LogP contribution in [0.25, 0.3) is 6.08 Å². The number of anilines is 2. The number of benzene rings is 3. The van der Waals surface area contributed by atoms with Crippen LogP contribution < -0.4 is 19.5 Å². The number of nitrogens with one attached hydrogen (secondary N) is 2. The molecule has 34 heavy (non-hydrogen) atoms. The SMILES string of the molecule is COc1ccc(NS(=O)(=O)c2cc(NC(=O)/C=C/c3cccc([N+](=O)[O-])c3)ccc2OC)cc1. The number of sulfonamides is 1. The Labute approximate surface area is 196 Å². The van der Waals surface area contributed by atoms with Crippen LogP contribution in [-0.2, 0) is 14.8 Å². The van der Waals surface area contributed by atoms with Crippen molar-refractivity contribution < 1.29 is 27.6 Å². The first kappa shape index (κ1) is 24.3. The molecule has 0 aromatic heterocycles. The fraction of sp³-hybridized carbons (Fsp3) is 0.0870. The summed E-state index contributed by atoms with van der Waals surface area (Å²) in [6.07, 6.45) is 2.60. The van der Waals surface area contributed by atoms with Gasteiger partial charge in [-0.05, 0) is 54.1 Å². The van der Waals surface area contributed by atoms with Crippen molar-refractivity contribution in [3.63, 3.8) is 0 Å². The number of non-ortho nitro benzene ring substituents is 1. The molecule has 0 atom stereocenters. The van der Waals surface area contributed by atoms with Crippen molar-refractivity contribution in [1.82, 2.24) is 0 Å². The lowest BCUT2D eigenvalue weighted by Gasteiger charge is -2.13. The number of rotatable bonds is 9. The van der Waals surface area contributed by atoms with Crippen LogP contribution in [-0.4, -0.2) is 33.5 Å². The van der Waals surface area contributed by atoms with E-state index in [9.17, 15) is 23.3 Å². The van der Waals surface area contributed by atoms with Crippen molar-refractivity contribution >= 4 is 39.1 Å². The lowest BCUT2D eigenvalue weighted by Crippen LogP contribution is -2.15. The van der Waals surface area contributed by atoms with Gasteiger partial charge in [0.2, 0.25) is 5.91 Å². The normalized spacial score (nSPS) is 11.1. The molecule has 0 bridgehead atoms. The van der Waals surface area contributed by atoms with Gasteiger partial charge in [-0.25, -0.2) is 8.42 Å². The summed E-state index contributed by atoms with van der Waals surface area (Å²) in [4.78, 5) is 22.5. The minimum absolute atomic E-state index is 0.0890. The Morgan fingerprint density at radius 1 is 0.971 bits per heavy atom. The van der Waals surface area contributed by atoms with Crippen LogP contribution in [0, 0.1) is 10.1 Å². The predicted molar refractivity (Wildman–Crippen MR) is 128 cm³/mol. The maximum atomic E-state index is 13.0. The summed E-state index contributed by atoms with van der Waals surface area (Å²) in [5.74, 6) is 0.109.